The Morgan fingerprint density at radius 2 is 1.29 bits per heavy atom. The van der Waals surface area contributed by atoms with E-state index in [9.17, 15) is 24.0 Å². The molecule has 0 heterocycles. The van der Waals surface area contributed by atoms with E-state index in [2.05, 4.69) is 21.3 Å². The molecule has 12 nitrogen and oxygen atoms in total. The van der Waals surface area contributed by atoms with Gasteiger partial charge in [-0.1, -0.05) is 115 Å². The standard InChI is InChI=1S/C40H55N5O7/c1-8-26(6)37(39(49)45-36(25(4)5)40(50)51-7)43-33(46)22-30(41)31(21-27-15-10-9-11-16-27)42-38(48)35(24(2)3)44-34(47)23-52-32-20-14-18-28-17-12-13-19-29(28)32/h9-20,24-26,30-31,35-37H,8,21-23,41H2,1-7H3,(H,42,48)(H,43,46)(H,44,47)(H,45,49)/t26-,30-,31-,35?,36?,37-/m0/s1. The van der Waals surface area contributed by atoms with Crippen molar-refractivity contribution < 1.29 is 33.4 Å². The van der Waals surface area contributed by atoms with Crippen LogP contribution in [0.25, 0.3) is 10.8 Å². The number of amides is 4. The molecule has 3 aromatic carbocycles. The average Bonchev–Trinajstić information content (AvgIpc) is 3.13. The van der Waals surface area contributed by atoms with E-state index in [1.54, 1.807) is 19.9 Å². The Bertz CT molecular complexity index is 1640. The number of carbonyl (C=O) groups is 5. The van der Waals surface area contributed by atoms with Gasteiger partial charge in [0.25, 0.3) is 5.91 Å². The fourth-order valence-corrected chi connectivity index (χ4v) is 5.82. The minimum absolute atomic E-state index is 0.208. The third kappa shape index (κ3) is 12.1. The van der Waals surface area contributed by atoms with Crippen molar-refractivity contribution in [2.45, 2.75) is 91.0 Å². The number of benzene rings is 3. The van der Waals surface area contributed by atoms with Crippen LogP contribution in [0, 0.1) is 17.8 Å². The molecule has 0 fully saturated rings. The molecule has 2 unspecified atom stereocenters. The summed E-state index contributed by atoms with van der Waals surface area (Å²) in [6, 6.07) is 18.4. The minimum atomic E-state index is -0.936. The highest BCUT2D eigenvalue weighted by Crippen LogP contribution is 2.25. The molecule has 6 atom stereocenters. The van der Waals surface area contributed by atoms with Crippen molar-refractivity contribution in [2.24, 2.45) is 23.5 Å². The summed E-state index contributed by atoms with van der Waals surface area (Å²) in [5.74, 6) is -2.71. The summed E-state index contributed by atoms with van der Waals surface area (Å²) in [7, 11) is 1.25. The second-order valence-electron chi connectivity index (χ2n) is 13.9. The number of ether oxygens (including phenoxy) is 2. The van der Waals surface area contributed by atoms with Gasteiger partial charge in [-0.15, -0.1) is 0 Å². The van der Waals surface area contributed by atoms with Gasteiger partial charge in [0.05, 0.1) is 7.11 Å². The fraction of sp³-hybridized carbons (Fsp3) is 0.475. The topological polar surface area (TPSA) is 178 Å². The second kappa shape index (κ2) is 20.2. The van der Waals surface area contributed by atoms with Gasteiger partial charge in [-0.3, -0.25) is 19.2 Å². The maximum Gasteiger partial charge on any atom is 0.328 e. The van der Waals surface area contributed by atoms with Crippen LogP contribution >= 0.6 is 0 Å². The minimum Gasteiger partial charge on any atom is -0.483 e. The zero-order valence-electron chi connectivity index (χ0n) is 31.3. The maximum absolute atomic E-state index is 13.8. The zero-order chi connectivity index (χ0) is 38.4. The Hall–Kier alpha value is -4.97. The number of nitrogens with two attached hydrogens (primary N) is 1. The largest absolute Gasteiger partial charge is 0.483 e. The lowest BCUT2D eigenvalue weighted by atomic mass is 9.94. The molecule has 0 saturated carbocycles. The molecule has 4 amide bonds. The van der Waals surface area contributed by atoms with Crippen LogP contribution in [0.2, 0.25) is 0 Å². The van der Waals surface area contributed by atoms with Crippen LogP contribution in [0.3, 0.4) is 0 Å². The first-order valence-corrected chi connectivity index (χ1v) is 17.9. The van der Waals surface area contributed by atoms with Gasteiger partial charge in [0.15, 0.2) is 6.61 Å². The van der Waals surface area contributed by atoms with Crippen LogP contribution < -0.4 is 31.7 Å². The predicted octanol–water partition coefficient (Wildman–Crippen LogP) is 3.65. The average molecular weight is 718 g/mol. The van der Waals surface area contributed by atoms with E-state index in [0.717, 1.165) is 16.3 Å². The van der Waals surface area contributed by atoms with Crippen LogP contribution in [0.5, 0.6) is 5.75 Å². The Morgan fingerprint density at radius 3 is 1.92 bits per heavy atom. The van der Waals surface area contributed by atoms with E-state index in [1.807, 2.05) is 94.4 Å². The molecule has 3 rings (SSSR count). The summed E-state index contributed by atoms with van der Waals surface area (Å²) in [6.07, 6.45) is 0.686. The third-order valence-corrected chi connectivity index (χ3v) is 9.17. The molecule has 0 aliphatic carbocycles. The van der Waals surface area contributed by atoms with Crippen molar-refractivity contribution in [2.75, 3.05) is 13.7 Å². The first-order valence-electron chi connectivity index (χ1n) is 17.9. The first-order chi connectivity index (χ1) is 24.7. The predicted molar refractivity (Wildman–Crippen MR) is 201 cm³/mol. The van der Waals surface area contributed by atoms with Gasteiger partial charge in [-0.05, 0) is 41.2 Å². The summed E-state index contributed by atoms with van der Waals surface area (Å²) >= 11 is 0. The summed E-state index contributed by atoms with van der Waals surface area (Å²) < 4.78 is 10.7. The third-order valence-electron chi connectivity index (χ3n) is 9.17. The molecule has 0 aromatic heterocycles. The van der Waals surface area contributed by atoms with E-state index in [1.165, 1.54) is 7.11 Å². The lowest BCUT2D eigenvalue weighted by Crippen LogP contribution is -2.58. The van der Waals surface area contributed by atoms with Crippen molar-refractivity contribution >= 4 is 40.4 Å². The lowest BCUT2D eigenvalue weighted by molar-refractivity contribution is -0.147. The highest BCUT2D eigenvalue weighted by atomic mass is 16.5. The summed E-state index contributed by atoms with van der Waals surface area (Å²) in [5.41, 5.74) is 7.53. The number of methoxy groups -OCH3 is 1. The van der Waals surface area contributed by atoms with Gasteiger partial charge in [0.2, 0.25) is 17.7 Å². The number of esters is 1. The van der Waals surface area contributed by atoms with E-state index >= 15 is 0 Å². The highest BCUT2D eigenvalue weighted by molar-refractivity contribution is 5.92. The van der Waals surface area contributed by atoms with Crippen molar-refractivity contribution in [1.82, 2.24) is 21.3 Å². The van der Waals surface area contributed by atoms with Gasteiger partial charge >= 0.3 is 5.97 Å². The molecule has 0 spiro atoms. The van der Waals surface area contributed by atoms with Crippen LogP contribution in [0.15, 0.2) is 72.8 Å². The Kier molecular flexibility index (Phi) is 16.1. The molecule has 0 aliphatic heterocycles. The Labute approximate surface area is 307 Å². The van der Waals surface area contributed by atoms with Crippen LogP contribution in [0.1, 0.15) is 59.9 Å². The maximum atomic E-state index is 13.8. The molecule has 0 bridgehead atoms. The highest BCUT2D eigenvalue weighted by Gasteiger charge is 2.34. The van der Waals surface area contributed by atoms with Crippen LogP contribution in [-0.2, 0) is 35.1 Å². The van der Waals surface area contributed by atoms with E-state index in [4.69, 9.17) is 15.2 Å². The quantitative estimate of drug-likeness (QED) is 0.117. The van der Waals surface area contributed by atoms with Gasteiger partial charge in [0, 0.05) is 23.9 Å². The first kappa shape index (κ1) is 41.5. The van der Waals surface area contributed by atoms with E-state index in [0.29, 0.717) is 18.6 Å². The number of nitrogens with one attached hydrogen (secondary N) is 4. The summed E-state index contributed by atoms with van der Waals surface area (Å²) in [4.78, 5) is 66.0. The van der Waals surface area contributed by atoms with Gasteiger partial charge in [-0.2, -0.15) is 0 Å². The molecular weight excluding hydrogens is 662 g/mol. The van der Waals surface area contributed by atoms with Crippen LogP contribution in [0.4, 0.5) is 0 Å². The van der Waals surface area contributed by atoms with Gasteiger partial charge in [0.1, 0.15) is 23.9 Å². The summed E-state index contributed by atoms with van der Waals surface area (Å²) in [5, 5.41) is 13.2. The molecule has 3 aromatic rings. The molecule has 0 saturated heterocycles. The SMILES string of the molecule is CC[C@H](C)[C@H](NC(=O)C[C@H](N)[C@H](Cc1ccccc1)NC(=O)C(NC(=O)COc1cccc2ccccc12)C(C)C)C(=O)NC(C(=O)OC)C(C)C. The summed E-state index contributed by atoms with van der Waals surface area (Å²) in [6.45, 7) is 10.6. The number of hydrogen-bond acceptors (Lipinski definition) is 8. The number of fused-ring (bicyclic) bond motifs is 1. The Balaban J connectivity index is 1.72. The van der Waals surface area contributed by atoms with Crippen molar-refractivity contribution in [3.8, 4) is 5.75 Å². The number of carbonyl (C=O) groups excluding carboxylic acids is 5. The molecule has 0 aliphatic rings. The smallest absolute Gasteiger partial charge is 0.328 e. The number of rotatable bonds is 19. The van der Waals surface area contributed by atoms with E-state index < -0.39 is 59.8 Å². The molecule has 6 N–H and O–H groups in total. The van der Waals surface area contributed by atoms with Crippen LogP contribution in [-0.4, -0.2) is 73.5 Å². The van der Waals surface area contributed by atoms with Crippen molar-refractivity contribution in [3.05, 3.63) is 78.4 Å². The van der Waals surface area contributed by atoms with Crippen molar-refractivity contribution in [3.63, 3.8) is 0 Å². The number of hydrogen-bond donors (Lipinski definition) is 5. The molecule has 12 heteroatoms. The molecule has 282 valence electrons. The monoisotopic (exact) mass is 717 g/mol. The molecule has 52 heavy (non-hydrogen) atoms. The fourth-order valence-electron chi connectivity index (χ4n) is 5.82. The van der Waals surface area contributed by atoms with Gasteiger partial charge < -0.3 is 36.5 Å². The molecule has 0 radical (unpaired) electrons. The second-order valence-corrected chi connectivity index (χ2v) is 13.9. The van der Waals surface area contributed by atoms with E-state index in [-0.39, 0.29) is 30.8 Å². The zero-order valence-corrected chi connectivity index (χ0v) is 31.3. The normalized spacial score (nSPS) is 14.7. The molecular formula is C40H55N5O7. The Morgan fingerprint density at radius 1 is 0.692 bits per heavy atom. The lowest BCUT2D eigenvalue weighted by Gasteiger charge is -2.30. The van der Waals surface area contributed by atoms with Crippen molar-refractivity contribution in [1.29, 1.82) is 0 Å². The van der Waals surface area contributed by atoms with Gasteiger partial charge in [-0.25, -0.2) is 4.79 Å².